The average Bonchev–Trinajstić information content (AvgIpc) is 3.38. The number of fused-ring (bicyclic) bond motifs is 1. The van der Waals surface area contributed by atoms with E-state index in [1.807, 2.05) is 0 Å². The van der Waals surface area contributed by atoms with Crippen LogP contribution in [0, 0.1) is 0 Å². The van der Waals surface area contributed by atoms with Gasteiger partial charge in [0.2, 0.25) is 5.91 Å². The summed E-state index contributed by atoms with van der Waals surface area (Å²) in [6, 6.07) is 0. The Morgan fingerprint density at radius 3 is 2.15 bits per heavy atom. The first kappa shape index (κ1) is 33.0. The molecule has 0 bridgehead atoms. The van der Waals surface area contributed by atoms with Crippen molar-refractivity contribution in [2.24, 2.45) is 5.73 Å². The van der Waals surface area contributed by atoms with Gasteiger partial charge in [-0.05, 0) is 6.08 Å². The summed E-state index contributed by atoms with van der Waals surface area (Å²) in [4.78, 5) is 45.1. The molecule has 10 N–H and O–H groups in total. The van der Waals surface area contributed by atoms with Crippen LogP contribution in [-0.2, 0) is 41.5 Å². The van der Waals surface area contributed by atoms with Crippen LogP contribution < -0.4 is 11.5 Å². The quantitative estimate of drug-likeness (QED) is 0.0843. The highest BCUT2D eigenvalue weighted by Crippen LogP contribution is 2.60. The summed E-state index contributed by atoms with van der Waals surface area (Å²) in [6.45, 7) is -1.60. The molecule has 0 aromatic carbocycles. The number of ether oxygens (including phenoxy) is 3. The third kappa shape index (κ3) is 6.21. The largest absolute Gasteiger partial charge is 0.481 e. The van der Waals surface area contributed by atoms with Crippen molar-refractivity contribution < 1.29 is 71.7 Å². The lowest BCUT2D eigenvalue weighted by Gasteiger charge is -2.30. The minimum absolute atomic E-state index is 0.0488. The third-order valence-corrected chi connectivity index (χ3v) is 10.2. The molecule has 0 saturated carbocycles. The molecule has 2 aromatic heterocycles. The fraction of sp³-hybridized carbons (Fsp3) is 0.545. The second-order valence-corrected chi connectivity index (χ2v) is 13.7. The zero-order chi connectivity index (χ0) is 33.2. The lowest BCUT2D eigenvalue weighted by atomic mass is 9.97. The van der Waals surface area contributed by atoms with Gasteiger partial charge in [-0.25, -0.2) is 24.1 Å². The minimum Gasteiger partial charge on any atom is -0.387 e. The average molecular weight is 693 g/mol. The topological polar surface area (TPSA) is 330 Å². The molecule has 6 heterocycles. The maximum absolute atomic E-state index is 12.5. The Balaban J connectivity index is 1.02. The number of nitrogen functional groups attached to an aromatic ring is 1. The molecule has 11 unspecified atom stereocenters. The zero-order valence-corrected chi connectivity index (χ0v) is 25.1. The molecule has 22 nitrogen and oxygen atoms in total. The second kappa shape index (κ2) is 12.0. The number of rotatable bonds is 11. The van der Waals surface area contributed by atoms with E-state index in [2.05, 4.69) is 19.3 Å². The van der Waals surface area contributed by atoms with Crippen LogP contribution in [0.2, 0.25) is 0 Å². The van der Waals surface area contributed by atoms with E-state index in [0.717, 1.165) is 6.33 Å². The summed E-state index contributed by atoms with van der Waals surface area (Å²) in [7, 11) is -10.8. The highest BCUT2D eigenvalue weighted by atomic mass is 31.3. The lowest BCUT2D eigenvalue weighted by molar-refractivity contribution is -0.115. The molecule has 2 aromatic rings. The van der Waals surface area contributed by atoms with Gasteiger partial charge in [0.15, 0.2) is 23.9 Å². The number of aliphatic hydroxyl groups excluding tert-OH is 4. The third-order valence-electron chi connectivity index (χ3n) is 7.61. The first-order valence-corrected chi connectivity index (χ1v) is 16.4. The number of phosphoric acid groups is 2. The molecule has 11 atom stereocenters. The minimum atomic E-state index is -5.39. The van der Waals surface area contributed by atoms with Gasteiger partial charge >= 0.3 is 15.6 Å². The van der Waals surface area contributed by atoms with Crippen LogP contribution in [0.15, 0.2) is 36.7 Å². The second-order valence-electron chi connectivity index (χ2n) is 10.6. The molecule has 0 aliphatic carbocycles. The maximum Gasteiger partial charge on any atom is 0.481 e. The van der Waals surface area contributed by atoms with Gasteiger partial charge in [-0.15, -0.1) is 0 Å². The molecule has 1 amide bonds. The molecule has 4 aliphatic heterocycles. The predicted molar refractivity (Wildman–Crippen MR) is 146 cm³/mol. The van der Waals surface area contributed by atoms with Gasteiger partial charge in [0, 0.05) is 12.4 Å². The Hall–Kier alpha value is -2.92. The summed E-state index contributed by atoms with van der Waals surface area (Å²) >= 11 is 0. The van der Waals surface area contributed by atoms with Crippen molar-refractivity contribution in [3.63, 3.8) is 0 Å². The number of aliphatic hydroxyl groups is 4. The van der Waals surface area contributed by atoms with E-state index in [1.165, 1.54) is 34.3 Å². The zero-order valence-electron chi connectivity index (χ0n) is 23.3. The number of carbonyl (C=O) groups excluding carboxylic acids is 1. The van der Waals surface area contributed by atoms with Crippen molar-refractivity contribution >= 4 is 38.5 Å². The van der Waals surface area contributed by atoms with Gasteiger partial charge in [0.1, 0.15) is 54.1 Å². The van der Waals surface area contributed by atoms with Gasteiger partial charge in [0.05, 0.1) is 31.7 Å². The molecular formula is C22H29N7O15P2. The van der Waals surface area contributed by atoms with Gasteiger partial charge < -0.3 is 60.8 Å². The molecule has 46 heavy (non-hydrogen) atoms. The normalized spacial score (nSPS) is 36.6. The number of carbonyl (C=O) groups is 1. The number of nitrogens with zero attached hydrogens (tertiary/aromatic N) is 5. The van der Waals surface area contributed by atoms with Crippen LogP contribution in [0.5, 0.6) is 0 Å². The number of aromatic nitrogens is 4. The highest BCUT2D eigenvalue weighted by Gasteiger charge is 2.53. The summed E-state index contributed by atoms with van der Waals surface area (Å²) in [6.07, 6.45) is -5.42. The summed E-state index contributed by atoms with van der Waals surface area (Å²) in [5.74, 6) is -0.737. The molecule has 1 spiro atoms. The van der Waals surface area contributed by atoms with E-state index in [9.17, 15) is 44.1 Å². The van der Waals surface area contributed by atoms with E-state index in [4.69, 9.17) is 34.7 Å². The van der Waals surface area contributed by atoms with E-state index in [-0.39, 0.29) is 29.2 Å². The summed E-state index contributed by atoms with van der Waals surface area (Å²) < 4.78 is 56.3. The standard InChI is InChI=1S/C22H29N7O15P2/c23-17-12-19(26-7-25-17)29(8-27-12)21-16(33)14(31)11(43-21)5-41-46(37,38)44-45(35,36)40-4-10-13(30)15(32)20(42-10)28-2-1-22(6-39-22)9(3-28)18(24)34/h1-3,7-8,10-11,13-16,20-21,30-33H,4-6H2,(H2,24,34)(H,35,36)(H,37,38)(H2,23,25,26). The van der Waals surface area contributed by atoms with Crippen molar-refractivity contribution in [1.29, 1.82) is 0 Å². The number of hydrogen-bond acceptors (Lipinski definition) is 18. The lowest BCUT2D eigenvalue weighted by Crippen LogP contribution is -2.42. The molecule has 3 saturated heterocycles. The van der Waals surface area contributed by atoms with Crippen LogP contribution in [0.1, 0.15) is 6.23 Å². The molecule has 4 aliphatic rings. The van der Waals surface area contributed by atoms with Crippen LogP contribution in [0.4, 0.5) is 5.82 Å². The van der Waals surface area contributed by atoms with Gasteiger partial charge in [0.25, 0.3) is 0 Å². The predicted octanol–water partition coefficient (Wildman–Crippen LogP) is -3.31. The highest BCUT2D eigenvalue weighted by molar-refractivity contribution is 7.61. The number of phosphoric ester groups is 2. The number of anilines is 1. The first-order valence-electron chi connectivity index (χ1n) is 13.4. The van der Waals surface area contributed by atoms with E-state index in [0.29, 0.717) is 0 Å². The summed E-state index contributed by atoms with van der Waals surface area (Å²) in [5.41, 5.74) is 10.6. The van der Waals surface area contributed by atoms with E-state index >= 15 is 0 Å². The SMILES string of the molecule is NC(=O)C1=CN(C2OC(COP(=O)(O)OP(=O)(O)OCC3OC(n4cnc5c(N)ncnc54)C(O)C3O)C(O)C2O)C=CC12CO2. The monoisotopic (exact) mass is 693 g/mol. The van der Waals surface area contributed by atoms with Crippen molar-refractivity contribution in [1.82, 2.24) is 24.4 Å². The molecular weight excluding hydrogens is 664 g/mol. The molecule has 6 rings (SSSR count). The first-order chi connectivity index (χ1) is 21.6. The van der Waals surface area contributed by atoms with E-state index < -0.39 is 89.4 Å². The smallest absolute Gasteiger partial charge is 0.387 e. The summed E-state index contributed by atoms with van der Waals surface area (Å²) in [5, 5.41) is 41.9. The number of amides is 1. The Bertz CT molecular complexity index is 1670. The maximum atomic E-state index is 12.5. The Morgan fingerprint density at radius 1 is 0.978 bits per heavy atom. The Kier molecular flexibility index (Phi) is 8.57. The molecule has 24 heteroatoms. The molecule has 0 radical (unpaired) electrons. The van der Waals surface area contributed by atoms with Crippen LogP contribution in [-0.4, -0.2) is 129 Å². The van der Waals surface area contributed by atoms with Gasteiger partial charge in [-0.1, -0.05) is 0 Å². The Morgan fingerprint density at radius 2 is 1.57 bits per heavy atom. The van der Waals surface area contributed by atoms with Crippen molar-refractivity contribution in [2.45, 2.75) is 54.7 Å². The van der Waals surface area contributed by atoms with Crippen molar-refractivity contribution in [3.05, 3.63) is 36.7 Å². The number of primary amides is 1. The number of hydrogen-bond donors (Lipinski definition) is 8. The van der Waals surface area contributed by atoms with Crippen LogP contribution in [0.3, 0.4) is 0 Å². The number of imidazole rings is 1. The van der Waals surface area contributed by atoms with Crippen molar-refractivity contribution in [2.75, 3.05) is 25.6 Å². The van der Waals surface area contributed by atoms with Gasteiger partial charge in [-0.2, -0.15) is 4.31 Å². The van der Waals surface area contributed by atoms with Gasteiger partial charge in [-0.3, -0.25) is 18.4 Å². The molecule has 252 valence electrons. The fourth-order valence-electron chi connectivity index (χ4n) is 5.14. The number of epoxide rings is 1. The molecule has 3 fully saturated rings. The fourth-order valence-corrected chi connectivity index (χ4v) is 7.23. The van der Waals surface area contributed by atoms with Crippen LogP contribution >= 0.6 is 15.6 Å². The van der Waals surface area contributed by atoms with Crippen LogP contribution in [0.25, 0.3) is 11.2 Å². The van der Waals surface area contributed by atoms with Crippen molar-refractivity contribution in [3.8, 4) is 0 Å². The number of nitrogens with two attached hydrogens (primary N) is 2. The van der Waals surface area contributed by atoms with E-state index in [1.54, 1.807) is 0 Å². The Labute approximate surface area is 257 Å².